The summed E-state index contributed by atoms with van der Waals surface area (Å²) in [5.74, 6) is -0.919. The number of amides is 2. The van der Waals surface area contributed by atoms with Gasteiger partial charge in [0.15, 0.2) is 0 Å². The monoisotopic (exact) mass is 284 g/mol. The zero-order chi connectivity index (χ0) is 14.6. The van der Waals surface area contributed by atoms with E-state index in [1.807, 2.05) is 6.92 Å². The van der Waals surface area contributed by atoms with Crippen LogP contribution in [0.5, 0.6) is 5.75 Å². The normalized spacial score (nSPS) is 11.8. The second kappa shape index (κ2) is 6.43. The minimum Gasteiger partial charge on any atom is -0.507 e. The molecule has 104 valence electrons. The van der Waals surface area contributed by atoms with E-state index in [-0.39, 0.29) is 17.2 Å². The molecule has 6 heteroatoms. The summed E-state index contributed by atoms with van der Waals surface area (Å²) in [7, 11) is 1.66. The summed E-state index contributed by atoms with van der Waals surface area (Å²) in [6.45, 7) is 4.00. The van der Waals surface area contributed by atoms with Crippen molar-refractivity contribution in [3.8, 4) is 5.75 Å². The van der Waals surface area contributed by atoms with Crippen LogP contribution in [0.2, 0.25) is 5.02 Å². The molecule has 1 rings (SSSR count). The van der Waals surface area contributed by atoms with Gasteiger partial charge in [0.25, 0.3) is 5.91 Å². The molecule has 2 N–H and O–H groups in total. The van der Waals surface area contributed by atoms with E-state index < -0.39 is 11.9 Å². The van der Waals surface area contributed by atoms with Gasteiger partial charge in [-0.2, -0.15) is 0 Å². The second-order valence-corrected chi connectivity index (χ2v) is 4.65. The van der Waals surface area contributed by atoms with Crippen molar-refractivity contribution in [2.45, 2.75) is 19.9 Å². The molecule has 0 saturated carbocycles. The number of aromatic hydroxyl groups is 1. The van der Waals surface area contributed by atoms with Gasteiger partial charge in [-0.1, -0.05) is 11.6 Å². The van der Waals surface area contributed by atoms with Crippen LogP contribution in [0.4, 0.5) is 0 Å². The first-order valence-corrected chi connectivity index (χ1v) is 6.29. The van der Waals surface area contributed by atoms with Crippen LogP contribution in [-0.4, -0.2) is 41.5 Å². The highest BCUT2D eigenvalue weighted by Crippen LogP contribution is 2.21. The first kappa shape index (κ1) is 15.3. The van der Waals surface area contributed by atoms with Gasteiger partial charge in [-0.25, -0.2) is 0 Å². The van der Waals surface area contributed by atoms with Crippen LogP contribution >= 0.6 is 11.6 Å². The number of nitrogens with one attached hydrogen (secondary N) is 1. The van der Waals surface area contributed by atoms with Crippen molar-refractivity contribution in [3.63, 3.8) is 0 Å². The molecule has 0 radical (unpaired) electrons. The summed E-state index contributed by atoms with van der Waals surface area (Å²) in [5.41, 5.74) is 0.0863. The second-order valence-electron chi connectivity index (χ2n) is 4.21. The molecule has 0 aromatic heterocycles. The maximum absolute atomic E-state index is 11.9. The molecule has 1 unspecified atom stereocenters. The van der Waals surface area contributed by atoms with Crippen molar-refractivity contribution in [3.05, 3.63) is 28.8 Å². The van der Waals surface area contributed by atoms with Crippen molar-refractivity contribution in [1.29, 1.82) is 0 Å². The summed E-state index contributed by atoms with van der Waals surface area (Å²) in [6.07, 6.45) is 0. The lowest BCUT2D eigenvalue weighted by Gasteiger charge is -2.20. The first-order valence-electron chi connectivity index (χ1n) is 5.91. The largest absolute Gasteiger partial charge is 0.507 e. The van der Waals surface area contributed by atoms with Crippen molar-refractivity contribution in [2.24, 2.45) is 0 Å². The summed E-state index contributed by atoms with van der Waals surface area (Å²) in [6, 6.07) is 3.53. The summed E-state index contributed by atoms with van der Waals surface area (Å²) < 4.78 is 0. The van der Waals surface area contributed by atoms with Gasteiger partial charge >= 0.3 is 0 Å². The van der Waals surface area contributed by atoms with Gasteiger partial charge in [-0.15, -0.1) is 0 Å². The fourth-order valence-corrected chi connectivity index (χ4v) is 1.69. The number of phenols is 1. The van der Waals surface area contributed by atoms with E-state index in [0.717, 1.165) is 0 Å². The number of carbonyl (C=O) groups is 2. The summed E-state index contributed by atoms with van der Waals surface area (Å²) >= 11 is 5.69. The maximum atomic E-state index is 11.9. The Balaban J connectivity index is 2.77. The van der Waals surface area contributed by atoms with Crippen LogP contribution in [-0.2, 0) is 4.79 Å². The molecule has 1 aromatic rings. The maximum Gasteiger partial charge on any atom is 0.255 e. The third-order valence-electron chi connectivity index (χ3n) is 2.77. The molecular formula is C13H17ClN2O3. The molecule has 0 aliphatic heterocycles. The van der Waals surface area contributed by atoms with Crippen molar-refractivity contribution >= 4 is 23.4 Å². The van der Waals surface area contributed by atoms with Crippen LogP contribution in [0.3, 0.4) is 0 Å². The Labute approximate surface area is 117 Å². The third kappa shape index (κ3) is 3.86. The van der Waals surface area contributed by atoms with Gasteiger partial charge in [0.1, 0.15) is 11.8 Å². The zero-order valence-corrected chi connectivity index (χ0v) is 11.9. The molecule has 0 saturated heterocycles. The highest BCUT2D eigenvalue weighted by atomic mass is 35.5. The molecule has 2 amide bonds. The van der Waals surface area contributed by atoms with Gasteiger partial charge in [0.05, 0.1) is 5.56 Å². The molecule has 19 heavy (non-hydrogen) atoms. The van der Waals surface area contributed by atoms with E-state index in [0.29, 0.717) is 11.6 Å². The predicted octanol–water partition coefficient (Wildman–Crippen LogP) is 1.64. The fourth-order valence-electron chi connectivity index (χ4n) is 1.52. The lowest BCUT2D eigenvalue weighted by molar-refractivity contribution is -0.131. The van der Waals surface area contributed by atoms with Crippen LogP contribution in [0, 0.1) is 0 Å². The molecular weight excluding hydrogens is 268 g/mol. The molecule has 0 heterocycles. The molecule has 5 nitrogen and oxygen atoms in total. The van der Waals surface area contributed by atoms with Crippen LogP contribution in [0.25, 0.3) is 0 Å². The Morgan fingerprint density at radius 2 is 2.11 bits per heavy atom. The average molecular weight is 285 g/mol. The number of nitrogens with zero attached hydrogens (tertiary/aromatic N) is 1. The number of halogens is 1. The van der Waals surface area contributed by atoms with E-state index in [9.17, 15) is 14.7 Å². The number of phenolic OH excluding ortho intramolecular Hbond substituents is 1. The number of hydrogen-bond donors (Lipinski definition) is 2. The molecule has 0 spiro atoms. The number of benzene rings is 1. The smallest absolute Gasteiger partial charge is 0.255 e. The predicted molar refractivity (Wildman–Crippen MR) is 73.4 cm³/mol. The van der Waals surface area contributed by atoms with Gasteiger partial charge in [-0.3, -0.25) is 9.59 Å². The number of rotatable bonds is 4. The Morgan fingerprint density at radius 1 is 1.47 bits per heavy atom. The highest BCUT2D eigenvalue weighted by molar-refractivity contribution is 6.30. The van der Waals surface area contributed by atoms with Crippen molar-refractivity contribution in [2.75, 3.05) is 13.6 Å². The standard InChI is InChI=1S/C13H17ClN2O3/c1-4-16(3)13(19)8(2)15-12(18)10-6-5-9(14)7-11(10)17/h5-8,17H,4H2,1-3H3,(H,15,18). The van der Waals surface area contributed by atoms with Crippen molar-refractivity contribution < 1.29 is 14.7 Å². The topological polar surface area (TPSA) is 69.6 Å². The zero-order valence-electron chi connectivity index (χ0n) is 11.1. The minimum absolute atomic E-state index is 0.0863. The molecule has 1 aromatic carbocycles. The minimum atomic E-state index is -0.660. The molecule has 0 aliphatic carbocycles. The number of carbonyl (C=O) groups excluding carboxylic acids is 2. The van der Waals surface area contributed by atoms with Gasteiger partial charge < -0.3 is 15.3 Å². The van der Waals surface area contributed by atoms with Crippen LogP contribution in [0.15, 0.2) is 18.2 Å². The Kier molecular flexibility index (Phi) is 5.18. The molecule has 1 atom stereocenters. The quantitative estimate of drug-likeness (QED) is 0.883. The lowest BCUT2D eigenvalue weighted by Crippen LogP contribution is -2.45. The number of likely N-dealkylation sites (N-methyl/N-ethyl adjacent to an activating group) is 1. The summed E-state index contributed by atoms with van der Waals surface area (Å²) in [5, 5.41) is 12.5. The van der Waals surface area contributed by atoms with Gasteiger partial charge in [0.2, 0.25) is 5.91 Å². The molecule has 0 bridgehead atoms. The van der Waals surface area contributed by atoms with E-state index in [4.69, 9.17) is 11.6 Å². The van der Waals surface area contributed by atoms with Crippen LogP contribution < -0.4 is 5.32 Å². The Hall–Kier alpha value is -1.75. The van der Waals surface area contributed by atoms with Crippen LogP contribution in [0.1, 0.15) is 24.2 Å². The SMILES string of the molecule is CCN(C)C(=O)C(C)NC(=O)c1ccc(Cl)cc1O. The fraction of sp³-hybridized carbons (Fsp3) is 0.385. The summed E-state index contributed by atoms with van der Waals surface area (Å²) in [4.78, 5) is 25.2. The highest BCUT2D eigenvalue weighted by Gasteiger charge is 2.20. The Morgan fingerprint density at radius 3 is 2.63 bits per heavy atom. The average Bonchev–Trinajstić information content (AvgIpc) is 2.36. The van der Waals surface area contributed by atoms with Gasteiger partial charge in [-0.05, 0) is 32.0 Å². The van der Waals surface area contributed by atoms with Crippen molar-refractivity contribution in [1.82, 2.24) is 10.2 Å². The first-order chi connectivity index (χ1) is 8.86. The van der Waals surface area contributed by atoms with E-state index >= 15 is 0 Å². The van der Waals surface area contributed by atoms with E-state index in [1.165, 1.54) is 23.1 Å². The van der Waals surface area contributed by atoms with Gasteiger partial charge in [0, 0.05) is 18.6 Å². The number of hydrogen-bond acceptors (Lipinski definition) is 3. The molecule has 0 fully saturated rings. The molecule has 0 aliphatic rings. The Bertz CT molecular complexity index is 491. The third-order valence-corrected chi connectivity index (χ3v) is 3.01. The van der Waals surface area contributed by atoms with E-state index in [2.05, 4.69) is 5.32 Å². The lowest BCUT2D eigenvalue weighted by atomic mass is 10.1. The van der Waals surface area contributed by atoms with E-state index in [1.54, 1.807) is 14.0 Å².